The van der Waals surface area contributed by atoms with Gasteiger partial charge in [0.15, 0.2) is 5.76 Å². The van der Waals surface area contributed by atoms with Crippen LogP contribution in [-0.4, -0.2) is 31.9 Å². The standard InChI is InChI=1S/C11H21N3O3S/c1-9(2)12-5-4-6-18(15,16)13-8-11-7-10(3)14-17-11/h7,9,12-13H,4-6,8H2,1-3H3. The van der Waals surface area contributed by atoms with Crippen LogP contribution in [0.15, 0.2) is 10.6 Å². The number of rotatable bonds is 8. The maximum absolute atomic E-state index is 11.7. The van der Waals surface area contributed by atoms with E-state index in [4.69, 9.17) is 4.52 Å². The van der Waals surface area contributed by atoms with Crippen molar-refractivity contribution in [2.45, 2.75) is 39.8 Å². The SMILES string of the molecule is Cc1cc(CNS(=O)(=O)CCCNC(C)C)on1. The second-order valence-corrected chi connectivity index (χ2v) is 6.46. The molecule has 7 heteroatoms. The molecule has 0 fully saturated rings. The van der Waals surface area contributed by atoms with Gasteiger partial charge in [-0.1, -0.05) is 19.0 Å². The van der Waals surface area contributed by atoms with E-state index in [2.05, 4.69) is 15.2 Å². The molecule has 0 aliphatic heterocycles. The van der Waals surface area contributed by atoms with Gasteiger partial charge in [-0.3, -0.25) is 0 Å². The van der Waals surface area contributed by atoms with E-state index >= 15 is 0 Å². The van der Waals surface area contributed by atoms with Crippen molar-refractivity contribution in [1.29, 1.82) is 0 Å². The Balaban J connectivity index is 2.27. The molecule has 0 bridgehead atoms. The minimum atomic E-state index is -3.25. The minimum Gasteiger partial charge on any atom is -0.360 e. The fraction of sp³-hybridized carbons (Fsp3) is 0.727. The monoisotopic (exact) mass is 275 g/mol. The number of sulfonamides is 1. The van der Waals surface area contributed by atoms with Crippen LogP contribution >= 0.6 is 0 Å². The Kier molecular flexibility index (Phi) is 5.77. The molecule has 1 aromatic heterocycles. The molecule has 0 radical (unpaired) electrons. The largest absolute Gasteiger partial charge is 0.360 e. The van der Waals surface area contributed by atoms with Crippen molar-refractivity contribution in [3.8, 4) is 0 Å². The zero-order valence-corrected chi connectivity index (χ0v) is 11.9. The Labute approximate surface area is 108 Å². The summed E-state index contributed by atoms with van der Waals surface area (Å²) in [5, 5.41) is 6.87. The Hall–Kier alpha value is -0.920. The van der Waals surface area contributed by atoms with Crippen LogP contribution in [0.25, 0.3) is 0 Å². The van der Waals surface area contributed by atoms with Crippen LogP contribution < -0.4 is 10.0 Å². The zero-order valence-electron chi connectivity index (χ0n) is 11.1. The average Bonchev–Trinajstić information content (AvgIpc) is 2.68. The Morgan fingerprint density at radius 2 is 2.17 bits per heavy atom. The van der Waals surface area contributed by atoms with Crippen LogP contribution in [0.1, 0.15) is 31.7 Å². The van der Waals surface area contributed by atoms with Crippen molar-refractivity contribution in [1.82, 2.24) is 15.2 Å². The molecule has 2 N–H and O–H groups in total. The molecule has 6 nitrogen and oxygen atoms in total. The number of aryl methyl sites for hydroxylation is 1. The summed E-state index contributed by atoms with van der Waals surface area (Å²) in [6.07, 6.45) is 0.586. The first kappa shape index (κ1) is 15.1. The lowest BCUT2D eigenvalue weighted by molar-refractivity contribution is 0.377. The molecule has 0 atom stereocenters. The molecule has 1 aromatic rings. The lowest BCUT2D eigenvalue weighted by Gasteiger charge is -2.08. The van der Waals surface area contributed by atoms with E-state index in [0.717, 1.165) is 5.69 Å². The predicted octanol–water partition coefficient (Wildman–Crippen LogP) is 0.791. The summed E-state index contributed by atoms with van der Waals surface area (Å²) in [6, 6.07) is 2.08. The third-order valence-corrected chi connectivity index (χ3v) is 3.70. The Morgan fingerprint density at radius 1 is 1.44 bits per heavy atom. The van der Waals surface area contributed by atoms with Crippen LogP contribution in [-0.2, 0) is 16.6 Å². The van der Waals surface area contributed by atoms with Gasteiger partial charge in [-0.2, -0.15) is 0 Å². The molecule has 0 spiro atoms. The van der Waals surface area contributed by atoms with Gasteiger partial charge in [-0.05, 0) is 19.9 Å². The van der Waals surface area contributed by atoms with Gasteiger partial charge in [0.1, 0.15) is 0 Å². The Morgan fingerprint density at radius 3 is 2.72 bits per heavy atom. The molecule has 0 amide bonds. The molecule has 104 valence electrons. The number of nitrogens with zero attached hydrogens (tertiary/aromatic N) is 1. The predicted molar refractivity (Wildman–Crippen MR) is 69.6 cm³/mol. The molecular weight excluding hydrogens is 254 g/mol. The second kappa shape index (κ2) is 6.86. The van der Waals surface area contributed by atoms with Crippen molar-refractivity contribution in [2.24, 2.45) is 0 Å². The van der Waals surface area contributed by atoms with Crippen LogP contribution in [0, 0.1) is 6.92 Å². The summed E-state index contributed by atoms with van der Waals surface area (Å²) in [7, 11) is -3.25. The molecular formula is C11H21N3O3S. The topological polar surface area (TPSA) is 84.2 Å². The van der Waals surface area contributed by atoms with Gasteiger partial charge in [0.05, 0.1) is 18.0 Å². The van der Waals surface area contributed by atoms with Gasteiger partial charge in [-0.25, -0.2) is 13.1 Å². The molecule has 0 aliphatic rings. The first-order valence-electron chi connectivity index (χ1n) is 6.02. The number of aromatic nitrogens is 1. The summed E-state index contributed by atoms with van der Waals surface area (Å²) >= 11 is 0. The van der Waals surface area contributed by atoms with Crippen LogP contribution in [0.5, 0.6) is 0 Å². The number of nitrogens with one attached hydrogen (secondary N) is 2. The Bertz CT molecular complexity index is 454. The first-order valence-corrected chi connectivity index (χ1v) is 7.67. The highest BCUT2D eigenvalue weighted by Crippen LogP contribution is 2.02. The van der Waals surface area contributed by atoms with Crippen molar-refractivity contribution < 1.29 is 12.9 Å². The van der Waals surface area contributed by atoms with Gasteiger partial charge >= 0.3 is 0 Å². The highest BCUT2D eigenvalue weighted by molar-refractivity contribution is 7.89. The van der Waals surface area contributed by atoms with Gasteiger partial charge in [0, 0.05) is 12.1 Å². The molecule has 0 saturated heterocycles. The van der Waals surface area contributed by atoms with E-state index in [1.54, 1.807) is 13.0 Å². The number of hydrogen-bond donors (Lipinski definition) is 2. The van der Waals surface area contributed by atoms with Gasteiger partial charge in [0.2, 0.25) is 10.0 Å². The lowest BCUT2D eigenvalue weighted by atomic mass is 10.4. The third-order valence-electron chi connectivity index (χ3n) is 2.29. The normalized spacial score (nSPS) is 12.2. The fourth-order valence-corrected chi connectivity index (χ4v) is 2.44. The molecule has 0 saturated carbocycles. The second-order valence-electron chi connectivity index (χ2n) is 4.54. The molecule has 0 aliphatic carbocycles. The molecule has 0 aromatic carbocycles. The average molecular weight is 275 g/mol. The number of hydrogen-bond acceptors (Lipinski definition) is 5. The summed E-state index contributed by atoms with van der Waals surface area (Å²) in [4.78, 5) is 0. The molecule has 0 unspecified atom stereocenters. The summed E-state index contributed by atoms with van der Waals surface area (Å²) in [5.41, 5.74) is 0.741. The van der Waals surface area contributed by atoms with Crippen LogP contribution in [0.4, 0.5) is 0 Å². The molecule has 1 rings (SSSR count). The lowest BCUT2D eigenvalue weighted by Crippen LogP contribution is -2.29. The first-order chi connectivity index (χ1) is 8.39. The maximum atomic E-state index is 11.7. The minimum absolute atomic E-state index is 0.111. The van der Waals surface area contributed by atoms with Crippen molar-refractivity contribution in [2.75, 3.05) is 12.3 Å². The van der Waals surface area contributed by atoms with Gasteiger partial charge in [0.25, 0.3) is 0 Å². The third kappa shape index (κ3) is 6.13. The van der Waals surface area contributed by atoms with E-state index in [1.807, 2.05) is 13.8 Å². The summed E-state index contributed by atoms with van der Waals surface area (Å²) < 4.78 is 30.7. The van der Waals surface area contributed by atoms with Crippen LogP contribution in [0.2, 0.25) is 0 Å². The van der Waals surface area contributed by atoms with E-state index < -0.39 is 10.0 Å². The van der Waals surface area contributed by atoms with Gasteiger partial charge in [-0.15, -0.1) is 0 Å². The van der Waals surface area contributed by atoms with Crippen molar-refractivity contribution in [3.05, 3.63) is 17.5 Å². The van der Waals surface area contributed by atoms with Crippen molar-refractivity contribution >= 4 is 10.0 Å². The smallest absolute Gasteiger partial charge is 0.212 e. The summed E-state index contributed by atoms with van der Waals surface area (Å²) in [6.45, 7) is 6.69. The highest BCUT2D eigenvalue weighted by Gasteiger charge is 2.11. The maximum Gasteiger partial charge on any atom is 0.212 e. The van der Waals surface area contributed by atoms with Crippen LogP contribution in [0.3, 0.4) is 0 Å². The van der Waals surface area contributed by atoms with E-state index in [-0.39, 0.29) is 12.3 Å². The van der Waals surface area contributed by atoms with E-state index in [0.29, 0.717) is 24.8 Å². The van der Waals surface area contributed by atoms with E-state index in [1.165, 1.54) is 0 Å². The quantitative estimate of drug-likeness (QED) is 0.685. The van der Waals surface area contributed by atoms with E-state index in [9.17, 15) is 8.42 Å². The van der Waals surface area contributed by atoms with Crippen molar-refractivity contribution in [3.63, 3.8) is 0 Å². The molecule has 1 heterocycles. The highest BCUT2D eigenvalue weighted by atomic mass is 32.2. The van der Waals surface area contributed by atoms with Gasteiger partial charge < -0.3 is 9.84 Å². The molecule has 18 heavy (non-hydrogen) atoms. The fourth-order valence-electron chi connectivity index (χ4n) is 1.41. The zero-order chi connectivity index (χ0) is 13.6. The summed E-state index contributed by atoms with van der Waals surface area (Å²) in [5.74, 6) is 0.635.